The molecule has 1 rings (SSSR count). The van der Waals surface area contributed by atoms with Gasteiger partial charge in [0.2, 0.25) is 11.8 Å². The SMILES string of the molecule is CC(C)(CC(=O)NNC(N)=O)CC(=O)Nc1ccc(F)cc1. The van der Waals surface area contributed by atoms with Crippen LogP contribution in [0.1, 0.15) is 26.7 Å². The minimum Gasteiger partial charge on any atom is -0.350 e. The summed E-state index contributed by atoms with van der Waals surface area (Å²) >= 11 is 0. The second-order valence-corrected chi connectivity index (χ2v) is 5.61. The standard InChI is InChI=1S/C14H19FN4O3/c1-14(2,8-12(21)18-19-13(16)22)7-11(20)17-10-5-3-9(15)4-6-10/h3-6H,7-8H2,1-2H3,(H,17,20)(H,18,21)(H3,16,19,22). The average Bonchev–Trinajstić information content (AvgIpc) is 2.37. The van der Waals surface area contributed by atoms with Crippen LogP contribution < -0.4 is 21.9 Å². The summed E-state index contributed by atoms with van der Waals surface area (Å²) in [4.78, 5) is 34.0. The number of hydrogen-bond acceptors (Lipinski definition) is 3. The van der Waals surface area contributed by atoms with E-state index in [2.05, 4.69) is 10.7 Å². The summed E-state index contributed by atoms with van der Waals surface area (Å²) < 4.78 is 12.8. The largest absolute Gasteiger partial charge is 0.350 e. The number of amides is 4. The molecule has 7 nitrogen and oxygen atoms in total. The summed E-state index contributed by atoms with van der Waals surface area (Å²) in [5, 5.41) is 2.62. The molecule has 0 atom stereocenters. The van der Waals surface area contributed by atoms with Crippen LogP contribution >= 0.6 is 0 Å². The van der Waals surface area contributed by atoms with Gasteiger partial charge < -0.3 is 11.1 Å². The second-order valence-electron chi connectivity index (χ2n) is 5.61. The van der Waals surface area contributed by atoms with Crippen LogP contribution in [0.4, 0.5) is 14.9 Å². The van der Waals surface area contributed by atoms with Gasteiger partial charge in [-0.1, -0.05) is 13.8 Å². The van der Waals surface area contributed by atoms with Gasteiger partial charge in [-0.25, -0.2) is 14.6 Å². The van der Waals surface area contributed by atoms with Crippen molar-refractivity contribution in [2.24, 2.45) is 11.1 Å². The summed E-state index contributed by atoms with van der Waals surface area (Å²) in [6.45, 7) is 3.47. The van der Waals surface area contributed by atoms with Crippen molar-refractivity contribution in [3.8, 4) is 0 Å². The molecule has 22 heavy (non-hydrogen) atoms. The Kier molecular flexibility index (Phi) is 5.85. The normalized spacial score (nSPS) is 10.7. The molecule has 0 saturated heterocycles. The Hall–Kier alpha value is -2.64. The first kappa shape index (κ1) is 17.4. The average molecular weight is 310 g/mol. The number of hydrazine groups is 1. The zero-order valence-electron chi connectivity index (χ0n) is 12.4. The number of urea groups is 1. The molecule has 0 fully saturated rings. The van der Waals surface area contributed by atoms with Gasteiger partial charge in [0.1, 0.15) is 5.82 Å². The summed E-state index contributed by atoms with van der Waals surface area (Å²) in [7, 11) is 0. The van der Waals surface area contributed by atoms with E-state index in [9.17, 15) is 18.8 Å². The highest BCUT2D eigenvalue weighted by Gasteiger charge is 2.25. The summed E-state index contributed by atoms with van der Waals surface area (Å²) in [5.74, 6) is -1.15. The lowest BCUT2D eigenvalue weighted by molar-refractivity contribution is -0.124. The van der Waals surface area contributed by atoms with Gasteiger partial charge in [-0.05, 0) is 29.7 Å². The maximum Gasteiger partial charge on any atom is 0.330 e. The van der Waals surface area contributed by atoms with E-state index in [1.807, 2.05) is 5.43 Å². The molecule has 0 unspecified atom stereocenters. The third-order valence-electron chi connectivity index (χ3n) is 2.73. The highest BCUT2D eigenvalue weighted by atomic mass is 19.1. The van der Waals surface area contributed by atoms with Crippen LogP contribution in [0.25, 0.3) is 0 Å². The number of anilines is 1. The molecule has 0 aromatic heterocycles. The van der Waals surface area contributed by atoms with Gasteiger partial charge in [-0.3, -0.25) is 15.0 Å². The van der Waals surface area contributed by atoms with Crippen LogP contribution in [0.2, 0.25) is 0 Å². The number of primary amides is 1. The lowest BCUT2D eigenvalue weighted by atomic mass is 9.85. The highest BCUT2D eigenvalue weighted by molar-refractivity contribution is 5.91. The van der Waals surface area contributed by atoms with Crippen LogP contribution in [-0.4, -0.2) is 17.8 Å². The molecular formula is C14H19FN4O3. The zero-order chi connectivity index (χ0) is 16.8. The van der Waals surface area contributed by atoms with E-state index >= 15 is 0 Å². The van der Waals surface area contributed by atoms with Crippen molar-refractivity contribution < 1.29 is 18.8 Å². The summed E-state index contributed by atoms with van der Waals surface area (Å²) in [6, 6.07) is 4.50. The number of hydrogen-bond donors (Lipinski definition) is 4. The van der Waals surface area contributed by atoms with Gasteiger partial charge in [0.05, 0.1) is 0 Å². The molecule has 0 heterocycles. The van der Waals surface area contributed by atoms with Crippen LogP contribution in [0, 0.1) is 11.2 Å². The minimum atomic E-state index is -0.875. The summed E-state index contributed by atoms with van der Waals surface area (Å²) in [6.07, 6.45) is 0.0957. The molecule has 0 saturated carbocycles. The number of rotatable bonds is 5. The van der Waals surface area contributed by atoms with Crippen molar-refractivity contribution in [2.75, 3.05) is 5.32 Å². The van der Waals surface area contributed by atoms with Crippen molar-refractivity contribution in [1.29, 1.82) is 0 Å². The van der Waals surface area contributed by atoms with Crippen molar-refractivity contribution in [2.45, 2.75) is 26.7 Å². The zero-order valence-corrected chi connectivity index (χ0v) is 12.4. The van der Waals surface area contributed by atoms with E-state index in [-0.39, 0.29) is 18.7 Å². The molecule has 0 radical (unpaired) electrons. The number of halogens is 1. The summed E-state index contributed by atoms with van der Waals surface area (Å²) in [5.41, 5.74) is 8.77. The molecule has 8 heteroatoms. The lowest BCUT2D eigenvalue weighted by Gasteiger charge is -2.23. The highest BCUT2D eigenvalue weighted by Crippen LogP contribution is 2.25. The lowest BCUT2D eigenvalue weighted by Crippen LogP contribution is -2.45. The first-order valence-corrected chi connectivity index (χ1v) is 6.58. The first-order valence-electron chi connectivity index (χ1n) is 6.58. The Balaban J connectivity index is 2.48. The Morgan fingerprint density at radius 3 is 2.14 bits per heavy atom. The van der Waals surface area contributed by atoms with E-state index < -0.39 is 23.2 Å². The van der Waals surface area contributed by atoms with Crippen molar-refractivity contribution in [3.63, 3.8) is 0 Å². The van der Waals surface area contributed by atoms with Crippen molar-refractivity contribution >= 4 is 23.5 Å². The molecule has 0 aliphatic rings. The Morgan fingerprint density at radius 1 is 1.05 bits per heavy atom. The number of carbonyl (C=O) groups is 3. The Labute approximate surface area is 127 Å². The van der Waals surface area contributed by atoms with Crippen molar-refractivity contribution in [3.05, 3.63) is 30.1 Å². The molecule has 1 aromatic rings. The second kappa shape index (κ2) is 7.39. The maximum atomic E-state index is 12.8. The van der Waals surface area contributed by atoms with E-state index in [0.717, 1.165) is 0 Å². The fourth-order valence-corrected chi connectivity index (χ4v) is 1.85. The third kappa shape index (κ3) is 6.69. The molecule has 0 aliphatic heterocycles. The van der Waals surface area contributed by atoms with Gasteiger partial charge in [-0.2, -0.15) is 0 Å². The van der Waals surface area contributed by atoms with E-state index in [1.165, 1.54) is 24.3 Å². The number of nitrogens with one attached hydrogen (secondary N) is 3. The van der Waals surface area contributed by atoms with Gasteiger partial charge in [0, 0.05) is 18.5 Å². The van der Waals surface area contributed by atoms with Crippen LogP contribution in [-0.2, 0) is 9.59 Å². The van der Waals surface area contributed by atoms with Gasteiger partial charge in [0.15, 0.2) is 0 Å². The third-order valence-corrected chi connectivity index (χ3v) is 2.73. The first-order chi connectivity index (χ1) is 10.2. The molecule has 1 aromatic carbocycles. The molecular weight excluding hydrogens is 291 g/mol. The molecule has 5 N–H and O–H groups in total. The number of carbonyl (C=O) groups excluding carboxylic acids is 3. The van der Waals surface area contributed by atoms with Crippen LogP contribution in [0.15, 0.2) is 24.3 Å². The van der Waals surface area contributed by atoms with Gasteiger partial charge >= 0.3 is 6.03 Å². The number of benzene rings is 1. The fraction of sp³-hybridized carbons (Fsp3) is 0.357. The maximum absolute atomic E-state index is 12.8. The molecule has 4 amide bonds. The molecule has 0 spiro atoms. The van der Waals surface area contributed by atoms with E-state index in [0.29, 0.717) is 5.69 Å². The predicted octanol–water partition coefficient (Wildman–Crippen LogP) is 1.27. The molecule has 0 aliphatic carbocycles. The molecule has 0 bridgehead atoms. The van der Waals surface area contributed by atoms with Crippen molar-refractivity contribution in [1.82, 2.24) is 10.9 Å². The minimum absolute atomic E-state index is 0.0180. The van der Waals surface area contributed by atoms with E-state index in [4.69, 9.17) is 5.73 Å². The topological polar surface area (TPSA) is 113 Å². The quantitative estimate of drug-likeness (QED) is 0.614. The van der Waals surface area contributed by atoms with Crippen LogP contribution in [0.5, 0.6) is 0 Å². The van der Waals surface area contributed by atoms with Crippen LogP contribution in [0.3, 0.4) is 0 Å². The Morgan fingerprint density at radius 2 is 1.59 bits per heavy atom. The van der Waals surface area contributed by atoms with E-state index in [1.54, 1.807) is 13.8 Å². The van der Waals surface area contributed by atoms with Gasteiger partial charge in [0.25, 0.3) is 0 Å². The smallest absolute Gasteiger partial charge is 0.330 e. The predicted molar refractivity (Wildman–Crippen MR) is 78.9 cm³/mol. The Bertz CT molecular complexity index is 558. The molecule has 120 valence electrons. The number of nitrogens with two attached hydrogens (primary N) is 1. The van der Waals surface area contributed by atoms with Gasteiger partial charge in [-0.15, -0.1) is 0 Å². The monoisotopic (exact) mass is 310 g/mol. The fourth-order valence-electron chi connectivity index (χ4n) is 1.85.